The topological polar surface area (TPSA) is 105 Å². The van der Waals surface area contributed by atoms with Crippen LogP contribution in [0.5, 0.6) is 0 Å². The van der Waals surface area contributed by atoms with Gasteiger partial charge in [-0.15, -0.1) is 0 Å². The predicted molar refractivity (Wildman–Crippen MR) is 205 cm³/mol. The number of benzene rings is 7. The SMILES string of the molecule is N#Cc1ccc2c(c1)c1cc(C#N)ccc1n2-c1cc(-c2ccc(C#N)c(-n3c4ccccc4c4ccccc43)c2)cc(-c2ccccc2C#N)c1. The lowest BCUT2D eigenvalue weighted by Crippen LogP contribution is -1.99. The van der Waals surface area contributed by atoms with E-state index in [9.17, 15) is 21.0 Å². The molecular formula is C46H24N6. The summed E-state index contributed by atoms with van der Waals surface area (Å²) in [6.45, 7) is 0. The summed E-state index contributed by atoms with van der Waals surface area (Å²) in [7, 11) is 0. The molecule has 0 bridgehead atoms. The van der Waals surface area contributed by atoms with Crippen molar-refractivity contribution >= 4 is 43.6 Å². The van der Waals surface area contributed by atoms with E-state index in [1.807, 2.05) is 84.9 Å². The van der Waals surface area contributed by atoms with Crippen molar-refractivity contribution in [2.24, 2.45) is 0 Å². The Balaban J connectivity index is 1.35. The fourth-order valence-electron chi connectivity index (χ4n) is 7.51. The van der Waals surface area contributed by atoms with Crippen LogP contribution in [0.1, 0.15) is 22.3 Å². The van der Waals surface area contributed by atoms with E-state index in [1.54, 1.807) is 12.1 Å². The first-order valence-electron chi connectivity index (χ1n) is 16.7. The van der Waals surface area contributed by atoms with Gasteiger partial charge >= 0.3 is 0 Å². The number of rotatable bonds is 4. The van der Waals surface area contributed by atoms with Crippen LogP contribution < -0.4 is 0 Å². The molecule has 0 unspecified atom stereocenters. The molecule has 0 spiro atoms. The van der Waals surface area contributed by atoms with Crippen LogP contribution in [0.4, 0.5) is 0 Å². The molecular weight excluding hydrogens is 637 g/mol. The highest BCUT2D eigenvalue weighted by molar-refractivity contribution is 6.11. The summed E-state index contributed by atoms with van der Waals surface area (Å²) in [5, 5.41) is 44.0. The Bertz CT molecular complexity index is 3010. The summed E-state index contributed by atoms with van der Waals surface area (Å²) < 4.78 is 4.31. The number of hydrogen-bond acceptors (Lipinski definition) is 4. The van der Waals surface area contributed by atoms with Crippen molar-refractivity contribution in [3.63, 3.8) is 0 Å². The van der Waals surface area contributed by atoms with E-state index in [0.29, 0.717) is 22.3 Å². The van der Waals surface area contributed by atoms with Crippen molar-refractivity contribution in [1.29, 1.82) is 21.0 Å². The van der Waals surface area contributed by atoms with Crippen molar-refractivity contribution in [1.82, 2.24) is 9.13 Å². The fraction of sp³-hybridized carbons (Fsp3) is 0. The first-order valence-corrected chi connectivity index (χ1v) is 16.7. The zero-order valence-corrected chi connectivity index (χ0v) is 27.5. The molecule has 0 fully saturated rings. The number of hydrogen-bond donors (Lipinski definition) is 0. The number of aromatic nitrogens is 2. The first-order chi connectivity index (χ1) is 25.6. The van der Waals surface area contributed by atoms with E-state index >= 15 is 0 Å². The maximum Gasteiger partial charge on any atom is 0.101 e. The molecule has 6 nitrogen and oxygen atoms in total. The molecule has 2 aromatic heterocycles. The van der Waals surface area contributed by atoms with Crippen LogP contribution in [0.15, 0.2) is 146 Å². The van der Waals surface area contributed by atoms with Gasteiger partial charge in [0.15, 0.2) is 0 Å². The van der Waals surface area contributed by atoms with Crippen LogP contribution in [0.3, 0.4) is 0 Å². The highest BCUT2D eigenvalue weighted by Gasteiger charge is 2.19. The molecule has 0 amide bonds. The fourth-order valence-corrected chi connectivity index (χ4v) is 7.51. The Morgan fingerprint density at radius 2 is 0.923 bits per heavy atom. The molecule has 0 aliphatic carbocycles. The molecule has 6 heteroatoms. The van der Waals surface area contributed by atoms with Gasteiger partial charge in [-0.2, -0.15) is 21.0 Å². The summed E-state index contributed by atoms with van der Waals surface area (Å²) in [6.07, 6.45) is 0. The normalized spacial score (nSPS) is 11.0. The van der Waals surface area contributed by atoms with Gasteiger partial charge in [-0.3, -0.25) is 0 Å². The number of fused-ring (bicyclic) bond motifs is 6. The predicted octanol–water partition coefficient (Wildman–Crippen LogP) is 10.7. The summed E-state index contributed by atoms with van der Waals surface area (Å²) in [6, 6.07) is 56.7. The van der Waals surface area contributed by atoms with Gasteiger partial charge in [-0.25, -0.2) is 0 Å². The Morgan fingerprint density at radius 3 is 1.54 bits per heavy atom. The van der Waals surface area contributed by atoms with E-state index < -0.39 is 0 Å². The second-order valence-electron chi connectivity index (χ2n) is 12.7. The maximum atomic E-state index is 10.4. The second-order valence-corrected chi connectivity index (χ2v) is 12.7. The largest absolute Gasteiger partial charge is 0.309 e. The molecule has 52 heavy (non-hydrogen) atoms. The molecule has 7 aromatic carbocycles. The van der Waals surface area contributed by atoms with Crippen LogP contribution in [0.25, 0.3) is 77.2 Å². The summed E-state index contributed by atoms with van der Waals surface area (Å²) in [5.41, 5.74) is 11.0. The molecule has 0 aliphatic rings. The zero-order valence-electron chi connectivity index (χ0n) is 27.5. The smallest absolute Gasteiger partial charge is 0.101 e. The standard InChI is InChI=1S/C46H24N6/c47-25-29-13-17-44-40(19-29)41-20-30(26-48)14-18-45(41)51(44)36-22-34(21-35(23-36)37-8-2-1-7-32(37)27-49)31-15-16-33(28-50)46(24-31)52-42-11-5-3-9-38(42)39-10-4-6-12-43(39)52/h1-24H. The Labute approximate surface area is 298 Å². The van der Waals surface area contributed by atoms with Crippen molar-refractivity contribution in [2.45, 2.75) is 0 Å². The van der Waals surface area contributed by atoms with E-state index in [4.69, 9.17) is 0 Å². The van der Waals surface area contributed by atoms with Crippen molar-refractivity contribution in [3.05, 3.63) is 168 Å². The molecule has 0 saturated carbocycles. The molecule has 9 rings (SSSR count). The highest BCUT2D eigenvalue weighted by Crippen LogP contribution is 2.39. The average molecular weight is 661 g/mol. The molecule has 0 aliphatic heterocycles. The van der Waals surface area contributed by atoms with Crippen LogP contribution in [0.2, 0.25) is 0 Å². The lowest BCUT2D eigenvalue weighted by Gasteiger charge is -2.16. The minimum Gasteiger partial charge on any atom is -0.309 e. The van der Waals surface area contributed by atoms with Crippen molar-refractivity contribution in [2.75, 3.05) is 0 Å². The van der Waals surface area contributed by atoms with E-state index in [0.717, 1.165) is 77.2 Å². The minimum absolute atomic E-state index is 0.529. The summed E-state index contributed by atoms with van der Waals surface area (Å²) in [5.74, 6) is 0. The summed E-state index contributed by atoms with van der Waals surface area (Å²) >= 11 is 0. The van der Waals surface area contributed by atoms with Gasteiger partial charge in [0, 0.05) is 27.2 Å². The lowest BCUT2D eigenvalue weighted by atomic mass is 9.94. The van der Waals surface area contributed by atoms with Gasteiger partial charge in [0.1, 0.15) is 6.07 Å². The third kappa shape index (κ3) is 4.62. The lowest BCUT2D eigenvalue weighted by molar-refractivity contribution is 1.17. The molecule has 2 heterocycles. The molecule has 0 N–H and O–H groups in total. The van der Waals surface area contributed by atoms with Gasteiger partial charge < -0.3 is 9.13 Å². The second kappa shape index (κ2) is 11.9. The monoisotopic (exact) mass is 660 g/mol. The van der Waals surface area contributed by atoms with Gasteiger partial charge in [0.25, 0.3) is 0 Å². The van der Waals surface area contributed by atoms with E-state index in [1.165, 1.54) is 0 Å². The van der Waals surface area contributed by atoms with Crippen molar-refractivity contribution in [3.8, 4) is 57.9 Å². The van der Waals surface area contributed by atoms with Crippen LogP contribution in [-0.4, -0.2) is 9.13 Å². The molecule has 238 valence electrons. The minimum atomic E-state index is 0.529. The molecule has 9 aromatic rings. The number of nitrogens with zero attached hydrogens (tertiary/aromatic N) is 6. The number of nitriles is 4. The molecule has 0 saturated heterocycles. The van der Waals surface area contributed by atoms with E-state index in [-0.39, 0.29) is 0 Å². The first kappa shape index (κ1) is 30.2. The highest BCUT2D eigenvalue weighted by atomic mass is 15.0. The van der Waals surface area contributed by atoms with Crippen molar-refractivity contribution < 1.29 is 0 Å². The Morgan fingerprint density at radius 1 is 0.365 bits per heavy atom. The van der Waals surface area contributed by atoms with Crippen LogP contribution in [-0.2, 0) is 0 Å². The quantitative estimate of drug-likeness (QED) is 0.187. The third-order valence-electron chi connectivity index (χ3n) is 9.83. The molecule has 0 radical (unpaired) electrons. The third-order valence-corrected chi connectivity index (χ3v) is 9.83. The summed E-state index contributed by atoms with van der Waals surface area (Å²) in [4.78, 5) is 0. The van der Waals surface area contributed by atoms with Crippen LogP contribution >= 0.6 is 0 Å². The van der Waals surface area contributed by atoms with Gasteiger partial charge in [0.2, 0.25) is 0 Å². The Hall–Kier alpha value is -7.90. The average Bonchev–Trinajstić information content (AvgIpc) is 3.72. The molecule has 0 atom stereocenters. The van der Waals surface area contributed by atoms with Gasteiger partial charge in [-0.1, -0.05) is 60.7 Å². The maximum absolute atomic E-state index is 10.4. The zero-order chi connectivity index (χ0) is 35.3. The number of para-hydroxylation sites is 2. The van der Waals surface area contributed by atoms with E-state index in [2.05, 4.69) is 81.9 Å². The van der Waals surface area contributed by atoms with Gasteiger partial charge in [-0.05, 0) is 107 Å². The Kier molecular flexibility index (Phi) is 6.91. The van der Waals surface area contributed by atoms with Crippen LogP contribution in [0, 0.1) is 45.3 Å². The van der Waals surface area contributed by atoms with Gasteiger partial charge in [0.05, 0.1) is 68.2 Å².